The fourth-order valence-corrected chi connectivity index (χ4v) is 4.54. The molecule has 0 amide bonds. The van der Waals surface area contributed by atoms with Gasteiger partial charge in [-0.25, -0.2) is 12.8 Å². The number of aliphatic hydroxyl groups is 1. The number of hydrogen-bond donors (Lipinski definition) is 1. The number of aromatic nitrogens is 2. The molecule has 0 aliphatic carbocycles. The molecule has 3 aromatic carbocycles. The molecule has 34 heavy (non-hydrogen) atoms. The molecular weight excluding hydrogens is 455 g/mol. The van der Waals surface area contributed by atoms with E-state index in [2.05, 4.69) is 0 Å². The van der Waals surface area contributed by atoms with Gasteiger partial charge >= 0.3 is 0 Å². The molecular formula is C26H25FN2O4S. The predicted octanol–water partition coefficient (Wildman–Crippen LogP) is 4.50. The van der Waals surface area contributed by atoms with Crippen LogP contribution in [0.4, 0.5) is 4.39 Å². The van der Waals surface area contributed by atoms with E-state index in [0.29, 0.717) is 41.0 Å². The lowest BCUT2D eigenvalue weighted by molar-refractivity contribution is 0.268. The number of hydrogen-bond acceptors (Lipinski definition) is 5. The highest BCUT2D eigenvalue weighted by Crippen LogP contribution is 2.37. The summed E-state index contributed by atoms with van der Waals surface area (Å²) in [5.74, 6) is -0.413. The van der Waals surface area contributed by atoms with Crippen LogP contribution in [0.25, 0.3) is 22.4 Å². The fraction of sp³-hybridized carbons (Fsp3) is 0.192. The summed E-state index contributed by atoms with van der Waals surface area (Å²) >= 11 is 0. The Morgan fingerprint density at radius 3 is 2.26 bits per heavy atom. The number of rotatable bonds is 8. The van der Waals surface area contributed by atoms with Gasteiger partial charge in [-0.1, -0.05) is 48.5 Å². The lowest BCUT2D eigenvalue weighted by Crippen LogP contribution is -2.08. The highest BCUT2D eigenvalue weighted by atomic mass is 32.2. The predicted molar refractivity (Wildman–Crippen MR) is 129 cm³/mol. The molecule has 0 bridgehead atoms. The minimum absolute atomic E-state index is 0.116. The van der Waals surface area contributed by atoms with Gasteiger partial charge in [-0.3, -0.25) is 4.68 Å². The summed E-state index contributed by atoms with van der Waals surface area (Å²) in [6.07, 6.45) is 1.84. The largest absolute Gasteiger partial charge is 0.494 e. The Balaban J connectivity index is 1.84. The third-order valence-corrected chi connectivity index (χ3v) is 6.79. The Kier molecular flexibility index (Phi) is 6.81. The van der Waals surface area contributed by atoms with Gasteiger partial charge < -0.3 is 9.84 Å². The zero-order chi connectivity index (χ0) is 24.3. The third-order valence-electron chi connectivity index (χ3n) is 5.66. The highest BCUT2D eigenvalue weighted by Gasteiger charge is 2.22. The molecule has 0 saturated carbocycles. The zero-order valence-corrected chi connectivity index (χ0v) is 19.7. The molecule has 1 aromatic heterocycles. The van der Waals surface area contributed by atoms with E-state index in [0.717, 1.165) is 11.8 Å². The molecule has 176 valence electrons. The van der Waals surface area contributed by atoms with Gasteiger partial charge in [-0.15, -0.1) is 0 Å². The maximum absolute atomic E-state index is 14.6. The summed E-state index contributed by atoms with van der Waals surface area (Å²) in [7, 11) is -1.96. The second kappa shape index (κ2) is 9.79. The summed E-state index contributed by atoms with van der Waals surface area (Å²) in [6.45, 7) is 0.208. The number of aliphatic hydroxyl groups excluding tert-OH is 1. The Bertz CT molecular complexity index is 1400. The smallest absolute Gasteiger partial charge is 0.175 e. The van der Waals surface area contributed by atoms with Gasteiger partial charge in [0.2, 0.25) is 0 Å². The first-order valence-corrected chi connectivity index (χ1v) is 12.6. The third kappa shape index (κ3) is 4.88. The molecule has 0 atom stereocenters. The zero-order valence-electron chi connectivity index (χ0n) is 18.9. The van der Waals surface area contributed by atoms with Crippen LogP contribution in [-0.4, -0.2) is 36.7 Å². The second-order valence-electron chi connectivity index (χ2n) is 7.93. The van der Waals surface area contributed by atoms with E-state index < -0.39 is 15.7 Å². The number of aryl methyl sites for hydroxylation is 2. The summed E-state index contributed by atoms with van der Waals surface area (Å²) in [4.78, 5) is 0.194. The summed E-state index contributed by atoms with van der Waals surface area (Å²) in [5.41, 5.74) is 3.98. The van der Waals surface area contributed by atoms with E-state index in [-0.39, 0.29) is 17.3 Å². The van der Waals surface area contributed by atoms with Crippen LogP contribution in [0.1, 0.15) is 11.3 Å². The molecule has 0 unspecified atom stereocenters. The van der Waals surface area contributed by atoms with Crippen LogP contribution in [0, 0.1) is 5.82 Å². The second-order valence-corrected chi connectivity index (χ2v) is 9.95. The van der Waals surface area contributed by atoms with E-state index in [1.165, 1.54) is 31.4 Å². The van der Waals surface area contributed by atoms with Crippen LogP contribution >= 0.6 is 0 Å². The normalized spacial score (nSPS) is 11.5. The van der Waals surface area contributed by atoms with Crippen LogP contribution in [0.15, 0.2) is 77.7 Å². The maximum Gasteiger partial charge on any atom is 0.175 e. The number of ether oxygens (including phenoxy) is 1. The Morgan fingerprint density at radius 2 is 1.68 bits per heavy atom. The molecule has 1 heterocycles. The topological polar surface area (TPSA) is 81.4 Å². The van der Waals surface area contributed by atoms with Crippen molar-refractivity contribution in [1.82, 2.24) is 9.78 Å². The molecule has 4 rings (SSSR count). The van der Waals surface area contributed by atoms with Gasteiger partial charge in [0.15, 0.2) is 21.4 Å². The molecule has 0 aliphatic rings. The minimum Gasteiger partial charge on any atom is -0.494 e. The average Bonchev–Trinajstić information content (AvgIpc) is 3.21. The first-order chi connectivity index (χ1) is 16.3. The Labute approximate surface area is 198 Å². The van der Waals surface area contributed by atoms with Gasteiger partial charge in [-0.05, 0) is 41.8 Å². The van der Waals surface area contributed by atoms with Crippen LogP contribution in [0.5, 0.6) is 5.75 Å². The van der Waals surface area contributed by atoms with Crippen LogP contribution in [0.3, 0.4) is 0 Å². The van der Waals surface area contributed by atoms with Crippen molar-refractivity contribution in [3.63, 3.8) is 0 Å². The first-order valence-electron chi connectivity index (χ1n) is 10.7. The van der Waals surface area contributed by atoms with E-state index in [1.54, 1.807) is 22.9 Å². The number of halogens is 1. The van der Waals surface area contributed by atoms with E-state index in [9.17, 15) is 17.9 Å². The monoisotopic (exact) mass is 480 g/mol. The SMILES string of the molecule is COc1ccc(-c2c(-c3ccc(S(C)(=O)=O)cc3)nn(CCc3ccccc3)c2CO)cc1F. The van der Waals surface area contributed by atoms with Crippen molar-refractivity contribution in [2.24, 2.45) is 0 Å². The molecule has 0 spiro atoms. The number of methoxy groups -OCH3 is 1. The maximum atomic E-state index is 14.6. The molecule has 0 fully saturated rings. The van der Waals surface area contributed by atoms with Gasteiger partial charge in [0, 0.05) is 23.9 Å². The standard InChI is InChI=1S/C26H25FN2O4S/c1-33-24-13-10-20(16-22(24)27)25-23(17-30)29(15-14-18-6-4-3-5-7-18)28-26(25)19-8-11-21(12-9-19)34(2,31)32/h3-13,16,30H,14-15,17H2,1-2H3. The van der Waals surface area contributed by atoms with Gasteiger partial charge in [-0.2, -0.15) is 5.10 Å². The van der Waals surface area contributed by atoms with Crippen molar-refractivity contribution in [3.05, 3.63) is 89.9 Å². The van der Waals surface area contributed by atoms with Crippen molar-refractivity contribution in [2.45, 2.75) is 24.5 Å². The lowest BCUT2D eigenvalue weighted by atomic mass is 9.98. The molecule has 4 aromatic rings. The van der Waals surface area contributed by atoms with E-state index in [4.69, 9.17) is 9.84 Å². The van der Waals surface area contributed by atoms with Crippen molar-refractivity contribution < 1.29 is 22.7 Å². The molecule has 8 heteroatoms. The van der Waals surface area contributed by atoms with Crippen molar-refractivity contribution in [2.75, 3.05) is 13.4 Å². The summed E-state index contributed by atoms with van der Waals surface area (Å²) in [6, 6.07) is 20.9. The minimum atomic E-state index is -3.35. The van der Waals surface area contributed by atoms with Crippen molar-refractivity contribution >= 4 is 9.84 Å². The molecule has 0 radical (unpaired) electrons. The van der Waals surface area contributed by atoms with Crippen molar-refractivity contribution in [3.8, 4) is 28.1 Å². The highest BCUT2D eigenvalue weighted by molar-refractivity contribution is 7.90. The summed E-state index contributed by atoms with van der Waals surface area (Å²) < 4.78 is 45.1. The number of sulfone groups is 1. The van der Waals surface area contributed by atoms with Crippen LogP contribution in [0.2, 0.25) is 0 Å². The number of nitrogens with zero attached hydrogens (tertiary/aromatic N) is 2. The first kappa shape index (κ1) is 23.7. The number of benzene rings is 3. The lowest BCUT2D eigenvalue weighted by Gasteiger charge is -2.10. The van der Waals surface area contributed by atoms with Crippen LogP contribution < -0.4 is 4.74 Å². The Morgan fingerprint density at radius 1 is 1.00 bits per heavy atom. The van der Waals surface area contributed by atoms with E-state index in [1.807, 2.05) is 30.3 Å². The van der Waals surface area contributed by atoms with Gasteiger partial charge in [0.1, 0.15) is 5.69 Å². The van der Waals surface area contributed by atoms with Gasteiger partial charge in [0.25, 0.3) is 0 Å². The Hall–Kier alpha value is -3.49. The quantitative estimate of drug-likeness (QED) is 0.402. The molecule has 0 saturated heterocycles. The molecule has 1 N–H and O–H groups in total. The fourth-order valence-electron chi connectivity index (χ4n) is 3.91. The molecule has 0 aliphatic heterocycles. The van der Waals surface area contributed by atoms with Crippen molar-refractivity contribution in [1.29, 1.82) is 0 Å². The molecule has 6 nitrogen and oxygen atoms in total. The average molecular weight is 481 g/mol. The summed E-state index contributed by atoms with van der Waals surface area (Å²) in [5, 5.41) is 15.0. The van der Waals surface area contributed by atoms with Gasteiger partial charge in [0.05, 0.1) is 24.3 Å². The van der Waals surface area contributed by atoms with Crippen LogP contribution in [-0.2, 0) is 29.4 Å². The van der Waals surface area contributed by atoms with E-state index >= 15 is 0 Å².